The molecule has 0 saturated carbocycles. The van der Waals surface area contributed by atoms with Gasteiger partial charge in [-0.3, -0.25) is 9.59 Å². The third kappa shape index (κ3) is 4.95. The molecule has 2 aromatic rings. The van der Waals surface area contributed by atoms with Crippen molar-refractivity contribution in [3.05, 3.63) is 47.3 Å². The maximum atomic E-state index is 13.6. The van der Waals surface area contributed by atoms with E-state index in [2.05, 4.69) is 9.97 Å². The van der Waals surface area contributed by atoms with E-state index >= 15 is 0 Å². The Labute approximate surface area is 188 Å². The Balaban J connectivity index is 2.08. The average molecular weight is 439 g/mol. The fraction of sp³-hybridized carbons (Fsp3) is 0.458. The molecule has 1 saturated heterocycles. The first-order chi connectivity index (χ1) is 15.4. The van der Waals surface area contributed by atoms with Crippen molar-refractivity contribution < 1.29 is 19.1 Å². The second kappa shape index (κ2) is 10.3. The van der Waals surface area contributed by atoms with E-state index in [1.807, 2.05) is 44.2 Å². The van der Waals surface area contributed by atoms with Gasteiger partial charge in [-0.25, -0.2) is 14.8 Å². The molecule has 2 amide bonds. The molecule has 2 heterocycles. The van der Waals surface area contributed by atoms with E-state index in [4.69, 9.17) is 4.74 Å². The summed E-state index contributed by atoms with van der Waals surface area (Å²) < 4.78 is 5.27. The van der Waals surface area contributed by atoms with Crippen molar-refractivity contribution in [1.29, 1.82) is 0 Å². The summed E-state index contributed by atoms with van der Waals surface area (Å²) in [5, 5.41) is 0. The summed E-state index contributed by atoms with van der Waals surface area (Å²) in [5.74, 6) is -0.550. The molecule has 32 heavy (non-hydrogen) atoms. The van der Waals surface area contributed by atoms with Gasteiger partial charge in [0.2, 0.25) is 5.91 Å². The maximum Gasteiger partial charge on any atom is 0.342 e. The third-order valence-electron chi connectivity index (χ3n) is 5.50. The molecule has 1 atom stereocenters. The van der Waals surface area contributed by atoms with Gasteiger partial charge in [0.05, 0.1) is 12.3 Å². The summed E-state index contributed by atoms with van der Waals surface area (Å²) in [6.07, 6.45) is 1.27. The minimum Gasteiger partial charge on any atom is -0.462 e. The largest absolute Gasteiger partial charge is 0.462 e. The fourth-order valence-electron chi connectivity index (χ4n) is 3.97. The van der Waals surface area contributed by atoms with E-state index in [0.717, 1.165) is 12.0 Å². The first-order valence-corrected chi connectivity index (χ1v) is 11.1. The third-order valence-corrected chi connectivity index (χ3v) is 5.50. The average Bonchev–Trinajstić information content (AvgIpc) is 2.78. The number of aryl methyl sites for hydroxylation is 1. The van der Waals surface area contributed by atoms with Crippen LogP contribution in [0.15, 0.2) is 30.3 Å². The zero-order valence-corrected chi connectivity index (χ0v) is 19.1. The normalized spacial score (nSPS) is 16.1. The van der Waals surface area contributed by atoms with Crippen LogP contribution in [0.4, 0.5) is 0 Å². The van der Waals surface area contributed by atoms with Gasteiger partial charge in [0, 0.05) is 38.2 Å². The number of aromatic nitrogens is 2. The topological polar surface area (TPSA) is 92.7 Å². The fourth-order valence-corrected chi connectivity index (χ4v) is 3.97. The summed E-state index contributed by atoms with van der Waals surface area (Å²) >= 11 is 0. The van der Waals surface area contributed by atoms with Crippen molar-refractivity contribution in [1.82, 2.24) is 19.8 Å². The van der Waals surface area contributed by atoms with Crippen molar-refractivity contribution in [3.63, 3.8) is 0 Å². The van der Waals surface area contributed by atoms with Gasteiger partial charge in [-0.2, -0.15) is 0 Å². The molecule has 0 N–H and O–H groups in total. The van der Waals surface area contributed by atoms with Crippen molar-refractivity contribution >= 4 is 17.8 Å². The van der Waals surface area contributed by atoms with Crippen molar-refractivity contribution in [2.24, 2.45) is 0 Å². The number of esters is 1. The highest BCUT2D eigenvalue weighted by atomic mass is 16.5. The molecule has 0 bridgehead atoms. The predicted octanol–water partition coefficient (Wildman–Crippen LogP) is 2.97. The molecule has 0 spiro atoms. The highest BCUT2D eigenvalue weighted by Gasteiger charge is 2.33. The summed E-state index contributed by atoms with van der Waals surface area (Å²) in [6, 6.07) is 9.27. The minimum absolute atomic E-state index is 0.0181. The summed E-state index contributed by atoms with van der Waals surface area (Å²) in [4.78, 5) is 50.9. The van der Waals surface area contributed by atoms with Gasteiger partial charge in [-0.15, -0.1) is 0 Å². The van der Waals surface area contributed by atoms with Crippen molar-refractivity contribution in [3.8, 4) is 11.4 Å². The molecule has 1 unspecified atom stereocenters. The van der Waals surface area contributed by atoms with Gasteiger partial charge in [0.25, 0.3) is 5.91 Å². The Morgan fingerprint density at radius 3 is 2.41 bits per heavy atom. The SMILES string of the molecule is CCCc1nc(-c2ccccc2)nc(C(=O)N2CCN(C(C)=O)C(C)C2)c1C(=O)OCC. The number of hydrogen-bond donors (Lipinski definition) is 0. The van der Waals surface area contributed by atoms with Crippen LogP contribution in [0, 0.1) is 0 Å². The zero-order valence-electron chi connectivity index (χ0n) is 19.1. The first kappa shape index (κ1) is 23.4. The lowest BCUT2D eigenvalue weighted by molar-refractivity contribution is -0.132. The quantitative estimate of drug-likeness (QED) is 0.644. The van der Waals surface area contributed by atoms with Crippen LogP contribution in [0.1, 0.15) is 60.7 Å². The maximum absolute atomic E-state index is 13.6. The van der Waals surface area contributed by atoms with Gasteiger partial charge in [0.15, 0.2) is 5.82 Å². The molecule has 1 aliphatic rings. The lowest BCUT2D eigenvalue weighted by Crippen LogP contribution is -2.55. The zero-order chi connectivity index (χ0) is 23.3. The second-order valence-corrected chi connectivity index (χ2v) is 7.87. The summed E-state index contributed by atoms with van der Waals surface area (Å²) in [5.41, 5.74) is 1.48. The lowest BCUT2D eigenvalue weighted by Gasteiger charge is -2.39. The standard InChI is InChI=1S/C24H30N4O4/c1-5-10-19-20(24(31)32-6-2)21(26-22(25-19)18-11-8-7-9-12-18)23(30)27-13-14-28(17(4)29)16(3)15-27/h7-9,11-12,16H,5-6,10,13-15H2,1-4H3. The molecule has 1 aromatic heterocycles. The van der Waals surface area contributed by atoms with Gasteiger partial charge in [-0.1, -0.05) is 43.7 Å². The van der Waals surface area contributed by atoms with Crippen LogP contribution >= 0.6 is 0 Å². The number of benzene rings is 1. The van der Waals surface area contributed by atoms with E-state index in [1.165, 1.54) is 6.92 Å². The molecular formula is C24H30N4O4. The van der Waals surface area contributed by atoms with Crippen LogP contribution in [0.25, 0.3) is 11.4 Å². The van der Waals surface area contributed by atoms with Crippen LogP contribution in [0.3, 0.4) is 0 Å². The predicted molar refractivity (Wildman–Crippen MR) is 120 cm³/mol. The minimum atomic E-state index is -0.589. The van der Waals surface area contributed by atoms with Crippen LogP contribution in [-0.4, -0.2) is 69.8 Å². The second-order valence-electron chi connectivity index (χ2n) is 7.87. The van der Waals surface area contributed by atoms with Gasteiger partial charge in [0.1, 0.15) is 11.3 Å². The first-order valence-electron chi connectivity index (χ1n) is 11.1. The lowest BCUT2D eigenvalue weighted by atomic mass is 10.0. The molecule has 1 aliphatic heterocycles. The molecule has 1 aromatic carbocycles. The highest BCUT2D eigenvalue weighted by molar-refractivity contribution is 6.05. The summed E-state index contributed by atoms with van der Waals surface area (Å²) in [6.45, 7) is 8.52. The van der Waals surface area contributed by atoms with Gasteiger partial charge >= 0.3 is 5.97 Å². The van der Waals surface area contributed by atoms with E-state index in [-0.39, 0.29) is 35.7 Å². The number of carbonyl (C=O) groups is 3. The van der Waals surface area contributed by atoms with E-state index in [1.54, 1.807) is 16.7 Å². The molecule has 0 aliphatic carbocycles. The molecule has 8 heteroatoms. The Hall–Kier alpha value is -3.29. The highest BCUT2D eigenvalue weighted by Crippen LogP contribution is 2.24. The molecule has 8 nitrogen and oxygen atoms in total. The van der Waals surface area contributed by atoms with Crippen LogP contribution in [0.2, 0.25) is 0 Å². The number of nitrogens with zero attached hydrogens (tertiary/aromatic N) is 4. The van der Waals surface area contributed by atoms with E-state index in [0.29, 0.717) is 37.6 Å². The molecule has 1 fully saturated rings. The number of amides is 2. The summed E-state index contributed by atoms with van der Waals surface area (Å²) in [7, 11) is 0. The molecule has 0 radical (unpaired) electrons. The number of carbonyl (C=O) groups excluding carboxylic acids is 3. The van der Waals surface area contributed by atoms with Crippen LogP contribution in [-0.2, 0) is 16.0 Å². The van der Waals surface area contributed by atoms with Crippen molar-refractivity contribution in [2.45, 2.75) is 46.6 Å². The number of piperazine rings is 1. The van der Waals surface area contributed by atoms with Gasteiger partial charge < -0.3 is 14.5 Å². The molecule has 170 valence electrons. The molecular weight excluding hydrogens is 408 g/mol. The number of ether oxygens (including phenoxy) is 1. The van der Waals surface area contributed by atoms with Crippen LogP contribution < -0.4 is 0 Å². The van der Waals surface area contributed by atoms with Gasteiger partial charge in [-0.05, 0) is 20.3 Å². The monoisotopic (exact) mass is 438 g/mol. The smallest absolute Gasteiger partial charge is 0.342 e. The van der Waals surface area contributed by atoms with E-state index in [9.17, 15) is 14.4 Å². The Morgan fingerprint density at radius 1 is 1.09 bits per heavy atom. The van der Waals surface area contributed by atoms with E-state index < -0.39 is 5.97 Å². The Kier molecular flexibility index (Phi) is 7.56. The Morgan fingerprint density at radius 2 is 1.81 bits per heavy atom. The van der Waals surface area contributed by atoms with Crippen LogP contribution in [0.5, 0.6) is 0 Å². The number of rotatable bonds is 6. The Bertz CT molecular complexity index is 993. The van der Waals surface area contributed by atoms with Crippen molar-refractivity contribution in [2.75, 3.05) is 26.2 Å². The molecule has 3 rings (SSSR count). The number of hydrogen-bond acceptors (Lipinski definition) is 6.